The highest BCUT2D eigenvalue weighted by Crippen LogP contribution is 2.20. The highest BCUT2D eigenvalue weighted by atomic mass is 15.1. The summed E-state index contributed by atoms with van der Waals surface area (Å²) < 4.78 is 0. The molecule has 3 nitrogen and oxygen atoms in total. The van der Waals surface area contributed by atoms with Crippen LogP contribution in [-0.4, -0.2) is 16.7 Å². The second-order valence-corrected chi connectivity index (χ2v) is 3.99. The zero-order valence-electron chi connectivity index (χ0n) is 10.5. The van der Waals surface area contributed by atoms with Crippen molar-refractivity contribution in [2.45, 2.75) is 19.9 Å². The molecule has 0 saturated carbocycles. The summed E-state index contributed by atoms with van der Waals surface area (Å²) in [5, 5.41) is 10.5. The molecule has 0 radical (unpaired) electrons. The first kappa shape index (κ1) is 12.4. The van der Waals surface area contributed by atoms with Gasteiger partial charge in [0.25, 0.3) is 0 Å². The molecule has 0 aliphatic carbocycles. The van der Waals surface area contributed by atoms with E-state index in [1.165, 1.54) is 11.1 Å². The summed E-state index contributed by atoms with van der Waals surface area (Å²) in [5.41, 5.74) is 3.44. The standard InChI is InChI=1S/C15H17N3/c1-2-3-7-10-16-11-14-12-17-18-15(14)13-8-5-4-6-9-13/h4-6,8-9,12,16H,7,10-11H2,1H3,(H,17,18). The molecule has 1 aromatic heterocycles. The maximum Gasteiger partial charge on any atom is 0.0695 e. The number of hydrogen-bond acceptors (Lipinski definition) is 2. The quantitative estimate of drug-likeness (QED) is 0.622. The average molecular weight is 239 g/mol. The van der Waals surface area contributed by atoms with Crippen LogP contribution in [0.15, 0.2) is 36.5 Å². The molecule has 1 heterocycles. The Morgan fingerprint density at radius 2 is 2.11 bits per heavy atom. The van der Waals surface area contributed by atoms with Crippen LogP contribution in [-0.2, 0) is 6.54 Å². The Kier molecular flexibility index (Phi) is 4.57. The van der Waals surface area contributed by atoms with E-state index in [2.05, 4.69) is 39.5 Å². The van der Waals surface area contributed by atoms with Crippen LogP contribution in [0.1, 0.15) is 18.9 Å². The molecule has 1 aromatic carbocycles. The predicted octanol–water partition coefficient (Wildman–Crippen LogP) is 2.58. The SMILES string of the molecule is CC#CCCNCc1cn[nH]c1-c1ccccc1. The molecule has 0 bridgehead atoms. The summed E-state index contributed by atoms with van der Waals surface area (Å²) in [4.78, 5) is 0. The molecule has 0 amide bonds. The lowest BCUT2D eigenvalue weighted by Gasteiger charge is -2.04. The molecule has 18 heavy (non-hydrogen) atoms. The van der Waals surface area contributed by atoms with Crippen LogP contribution in [0.25, 0.3) is 11.3 Å². The van der Waals surface area contributed by atoms with E-state index < -0.39 is 0 Å². The van der Waals surface area contributed by atoms with E-state index in [1.807, 2.05) is 31.3 Å². The summed E-state index contributed by atoms with van der Waals surface area (Å²) >= 11 is 0. The summed E-state index contributed by atoms with van der Waals surface area (Å²) in [6, 6.07) is 10.2. The molecule has 2 aromatic rings. The first-order chi connectivity index (χ1) is 8.92. The second kappa shape index (κ2) is 6.63. The number of hydrogen-bond donors (Lipinski definition) is 2. The molecule has 3 heteroatoms. The highest BCUT2D eigenvalue weighted by Gasteiger charge is 2.06. The van der Waals surface area contributed by atoms with Gasteiger partial charge in [-0.15, -0.1) is 11.8 Å². The van der Waals surface area contributed by atoms with Crippen LogP contribution in [0.3, 0.4) is 0 Å². The van der Waals surface area contributed by atoms with Gasteiger partial charge in [-0.25, -0.2) is 0 Å². The van der Waals surface area contributed by atoms with Crippen molar-refractivity contribution in [2.75, 3.05) is 6.54 Å². The Hall–Kier alpha value is -2.05. The van der Waals surface area contributed by atoms with E-state index in [9.17, 15) is 0 Å². The van der Waals surface area contributed by atoms with E-state index in [0.29, 0.717) is 0 Å². The lowest BCUT2D eigenvalue weighted by molar-refractivity contribution is 0.702. The van der Waals surface area contributed by atoms with Gasteiger partial charge in [0.1, 0.15) is 0 Å². The minimum atomic E-state index is 0.812. The van der Waals surface area contributed by atoms with Crippen LogP contribution in [0.4, 0.5) is 0 Å². The highest BCUT2D eigenvalue weighted by molar-refractivity contribution is 5.62. The molecular weight excluding hydrogens is 222 g/mol. The molecule has 0 unspecified atom stereocenters. The zero-order chi connectivity index (χ0) is 12.6. The maximum absolute atomic E-state index is 4.12. The zero-order valence-corrected chi connectivity index (χ0v) is 10.5. The number of H-pyrrole nitrogens is 1. The third-order valence-corrected chi connectivity index (χ3v) is 2.70. The first-order valence-corrected chi connectivity index (χ1v) is 6.10. The smallest absolute Gasteiger partial charge is 0.0695 e. The molecule has 0 aliphatic heterocycles. The number of aromatic nitrogens is 2. The number of aromatic amines is 1. The Balaban J connectivity index is 1.97. The van der Waals surface area contributed by atoms with Gasteiger partial charge >= 0.3 is 0 Å². The van der Waals surface area contributed by atoms with Crippen molar-refractivity contribution in [3.8, 4) is 23.1 Å². The fourth-order valence-electron chi connectivity index (χ4n) is 1.80. The Morgan fingerprint density at radius 1 is 1.28 bits per heavy atom. The summed E-state index contributed by atoms with van der Waals surface area (Å²) in [5.74, 6) is 5.93. The minimum Gasteiger partial charge on any atom is -0.312 e. The van der Waals surface area contributed by atoms with Gasteiger partial charge in [0.05, 0.1) is 11.9 Å². The van der Waals surface area contributed by atoms with Gasteiger partial charge in [0, 0.05) is 25.1 Å². The molecule has 0 saturated heterocycles. The van der Waals surface area contributed by atoms with Crippen LogP contribution >= 0.6 is 0 Å². The van der Waals surface area contributed by atoms with Gasteiger partial charge in [-0.3, -0.25) is 5.10 Å². The summed E-state index contributed by atoms with van der Waals surface area (Å²) in [7, 11) is 0. The van der Waals surface area contributed by atoms with E-state index in [4.69, 9.17) is 0 Å². The molecule has 92 valence electrons. The predicted molar refractivity (Wildman–Crippen MR) is 73.8 cm³/mol. The molecule has 0 spiro atoms. The van der Waals surface area contributed by atoms with Gasteiger partial charge in [0.15, 0.2) is 0 Å². The van der Waals surface area contributed by atoms with E-state index in [1.54, 1.807) is 0 Å². The molecule has 0 atom stereocenters. The van der Waals surface area contributed by atoms with Crippen molar-refractivity contribution in [3.63, 3.8) is 0 Å². The topological polar surface area (TPSA) is 40.7 Å². The molecule has 2 rings (SSSR count). The van der Waals surface area contributed by atoms with Crippen LogP contribution in [0.5, 0.6) is 0 Å². The minimum absolute atomic E-state index is 0.812. The summed E-state index contributed by atoms with van der Waals surface area (Å²) in [6.07, 6.45) is 2.76. The van der Waals surface area contributed by atoms with Gasteiger partial charge in [-0.1, -0.05) is 30.3 Å². The maximum atomic E-state index is 4.12. The van der Waals surface area contributed by atoms with Crippen molar-refractivity contribution < 1.29 is 0 Å². The van der Waals surface area contributed by atoms with Gasteiger partial charge < -0.3 is 5.32 Å². The van der Waals surface area contributed by atoms with Crippen LogP contribution in [0, 0.1) is 11.8 Å². The number of rotatable bonds is 5. The van der Waals surface area contributed by atoms with Gasteiger partial charge in [-0.2, -0.15) is 5.10 Å². The van der Waals surface area contributed by atoms with E-state index >= 15 is 0 Å². The largest absolute Gasteiger partial charge is 0.312 e. The van der Waals surface area contributed by atoms with Crippen LogP contribution in [0.2, 0.25) is 0 Å². The molecule has 2 N–H and O–H groups in total. The Morgan fingerprint density at radius 3 is 2.89 bits per heavy atom. The normalized spacial score (nSPS) is 9.83. The van der Waals surface area contributed by atoms with Crippen molar-refractivity contribution in [2.24, 2.45) is 0 Å². The van der Waals surface area contributed by atoms with E-state index in [-0.39, 0.29) is 0 Å². The summed E-state index contributed by atoms with van der Waals surface area (Å²) in [6.45, 7) is 3.58. The fraction of sp³-hybridized carbons (Fsp3) is 0.267. The lowest BCUT2D eigenvalue weighted by atomic mass is 10.1. The van der Waals surface area contributed by atoms with Crippen molar-refractivity contribution in [1.82, 2.24) is 15.5 Å². The number of nitrogens with zero attached hydrogens (tertiary/aromatic N) is 1. The lowest BCUT2D eigenvalue weighted by Crippen LogP contribution is -2.14. The van der Waals surface area contributed by atoms with Crippen LogP contribution < -0.4 is 5.32 Å². The third-order valence-electron chi connectivity index (χ3n) is 2.70. The van der Waals surface area contributed by atoms with Gasteiger partial charge in [0.2, 0.25) is 0 Å². The van der Waals surface area contributed by atoms with E-state index in [0.717, 1.165) is 25.2 Å². The van der Waals surface area contributed by atoms with Crippen molar-refractivity contribution >= 4 is 0 Å². The van der Waals surface area contributed by atoms with Crippen molar-refractivity contribution in [1.29, 1.82) is 0 Å². The Labute approximate surface area is 108 Å². The Bertz CT molecular complexity index is 532. The average Bonchev–Trinajstić information content (AvgIpc) is 2.88. The second-order valence-electron chi connectivity index (χ2n) is 3.99. The number of benzene rings is 1. The number of nitrogens with one attached hydrogen (secondary N) is 2. The third kappa shape index (κ3) is 3.22. The molecular formula is C15H17N3. The first-order valence-electron chi connectivity index (χ1n) is 6.10. The molecule has 0 aliphatic rings. The van der Waals surface area contributed by atoms with Gasteiger partial charge in [-0.05, 0) is 12.5 Å². The monoisotopic (exact) mass is 239 g/mol. The fourth-order valence-corrected chi connectivity index (χ4v) is 1.80. The van der Waals surface area contributed by atoms with Crippen molar-refractivity contribution in [3.05, 3.63) is 42.1 Å². The molecule has 0 fully saturated rings.